The second kappa shape index (κ2) is 8.76. The molecule has 0 N–H and O–H groups in total. The van der Waals surface area contributed by atoms with Crippen molar-refractivity contribution in [2.75, 3.05) is 19.7 Å². The second-order valence-corrected chi connectivity index (χ2v) is 7.73. The lowest BCUT2D eigenvalue weighted by Gasteiger charge is -2.38. The number of hydrogen-bond donors (Lipinski definition) is 0. The molecule has 2 aliphatic heterocycles. The second-order valence-electron chi connectivity index (χ2n) is 7.73. The summed E-state index contributed by atoms with van der Waals surface area (Å²) < 4.78 is 5.12. The van der Waals surface area contributed by atoms with Gasteiger partial charge in [0.25, 0.3) is 11.8 Å². The Morgan fingerprint density at radius 3 is 2.31 bits per heavy atom. The number of likely N-dealkylation sites (tertiary alicyclic amines) is 1. The van der Waals surface area contributed by atoms with Crippen LogP contribution in [0.25, 0.3) is 0 Å². The van der Waals surface area contributed by atoms with E-state index in [4.69, 9.17) is 4.74 Å². The highest BCUT2D eigenvalue weighted by Crippen LogP contribution is 2.30. The molecule has 0 aliphatic carbocycles. The number of amides is 3. The molecule has 1 fully saturated rings. The van der Waals surface area contributed by atoms with Gasteiger partial charge in [-0.25, -0.2) is 0 Å². The lowest BCUT2D eigenvalue weighted by atomic mass is 9.93. The molecule has 0 radical (unpaired) electrons. The number of hydrogen-bond acceptors (Lipinski definition) is 5. The molecule has 1 aromatic rings. The fourth-order valence-corrected chi connectivity index (χ4v) is 4.11. The molecule has 29 heavy (non-hydrogen) atoms. The monoisotopic (exact) mass is 400 g/mol. The first-order chi connectivity index (χ1) is 13.9. The summed E-state index contributed by atoms with van der Waals surface area (Å²) in [4.78, 5) is 54.3. The first-order valence-electron chi connectivity index (χ1n) is 10.3. The van der Waals surface area contributed by atoms with Crippen molar-refractivity contribution in [3.05, 3.63) is 35.4 Å². The zero-order valence-electron chi connectivity index (χ0n) is 17.2. The molecule has 3 unspecified atom stereocenters. The van der Waals surface area contributed by atoms with E-state index in [0.717, 1.165) is 4.90 Å². The van der Waals surface area contributed by atoms with Crippen LogP contribution in [0.2, 0.25) is 0 Å². The molecule has 7 heteroatoms. The van der Waals surface area contributed by atoms with Gasteiger partial charge < -0.3 is 9.64 Å². The molecule has 2 heterocycles. The zero-order chi connectivity index (χ0) is 21.1. The van der Waals surface area contributed by atoms with Crippen LogP contribution in [0.15, 0.2) is 24.3 Å². The Balaban J connectivity index is 1.86. The predicted molar refractivity (Wildman–Crippen MR) is 106 cm³/mol. The maximum atomic E-state index is 13.5. The predicted octanol–water partition coefficient (Wildman–Crippen LogP) is 2.50. The number of carbonyl (C=O) groups excluding carboxylic acids is 4. The lowest BCUT2D eigenvalue weighted by Crippen LogP contribution is -2.56. The van der Waals surface area contributed by atoms with Crippen LogP contribution in [0.3, 0.4) is 0 Å². The van der Waals surface area contributed by atoms with E-state index in [2.05, 4.69) is 0 Å². The minimum Gasteiger partial charge on any atom is -0.466 e. The van der Waals surface area contributed by atoms with Gasteiger partial charge in [0.2, 0.25) is 5.91 Å². The van der Waals surface area contributed by atoms with Crippen molar-refractivity contribution >= 4 is 23.7 Å². The first-order valence-corrected chi connectivity index (χ1v) is 10.3. The third-order valence-electron chi connectivity index (χ3n) is 5.89. The third kappa shape index (κ3) is 3.91. The number of imide groups is 1. The van der Waals surface area contributed by atoms with E-state index < -0.39 is 17.9 Å². The summed E-state index contributed by atoms with van der Waals surface area (Å²) in [5.74, 6) is -2.00. The third-order valence-corrected chi connectivity index (χ3v) is 5.89. The van der Waals surface area contributed by atoms with Crippen LogP contribution in [-0.4, -0.2) is 59.2 Å². The zero-order valence-corrected chi connectivity index (χ0v) is 17.2. The number of benzene rings is 1. The average Bonchev–Trinajstić information content (AvgIpc) is 2.99. The summed E-state index contributed by atoms with van der Waals surface area (Å²) in [5, 5.41) is 0. The van der Waals surface area contributed by atoms with Crippen LogP contribution in [0.1, 0.15) is 60.7 Å². The molecule has 3 amide bonds. The smallest absolute Gasteiger partial charge is 0.310 e. The summed E-state index contributed by atoms with van der Waals surface area (Å²) in [5.41, 5.74) is 0.670. The fourth-order valence-electron chi connectivity index (χ4n) is 4.11. The minimum atomic E-state index is -0.881. The van der Waals surface area contributed by atoms with Crippen LogP contribution < -0.4 is 0 Å². The first kappa shape index (κ1) is 21.0. The Labute approximate surface area is 171 Å². The average molecular weight is 400 g/mol. The molecular weight excluding hydrogens is 372 g/mol. The largest absolute Gasteiger partial charge is 0.466 e. The van der Waals surface area contributed by atoms with Crippen molar-refractivity contribution in [3.63, 3.8) is 0 Å². The van der Waals surface area contributed by atoms with Gasteiger partial charge in [-0.3, -0.25) is 24.1 Å². The van der Waals surface area contributed by atoms with Crippen molar-refractivity contribution in [1.82, 2.24) is 9.80 Å². The summed E-state index contributed by atoms with van der Waals surface area (Å²) >= 11 is 0. The topological polar surface area (TPSA) is 84.0 Å². The summed E-state index contributed by atoms with van der Waals surface area (Å²) in [6.45, 7) is 6.62. The summed E-state index contributed by atoms with van der Waals surface area (Å²) in [6.07, 6.45) is 1.99. The molecule has 3 atom stereocenters. The Hall–Kier alpha value is -2.70. The van der Waals surface area contributed by atoms with Crippen LogP contribution in [0.5, 0.6) is 0 Å². The van der Waals surface area contributed by atoms with Crippen molar-refractivity contribution in [1.29, 1.82) is 0 Å². The van der Waals surface area contributed by atoms with E-state index in [1.54, 1.807) is 36.1 Å². The van der Waals surface area contributed by atoms with Crippen LogP contribution in [0.4, 0.5) is 0 Å². The van der Waals surface area contributed by atoms with Gasteiger partial charge in [-0.15, -0.1) is 0 Å². The normalized spacial score (nSPS) is 21.0. The Bertz CT molecular complexity index is 786. The van der Waals surface area contributed by atoms with E-state index >= 15 is 0 Å². The van der Waals surface area contributed by atoms with Crippen LogP contribution in [-0.2, 0) is 14.3 Å². The van der Waals surface area contributed by atoms with E-state index in [9.17, 15) is 19.2 Å². The van der Waals surface area contributed by atoms with Gasteiger partial charge in [-0.2, -0.15) is 0 Å². The number of esters is 1. The van der Waals surface area contributed by atoms with E-state index in [1.165, 1.54) is 0 Å². The summed E-state index contributed by atoms with van der Waals surface area (Å²) in [6, 6.07) is 5.77. The van der Waals surface area contributed by atoms with Crippen molar-refractivity contribution in [2.45, 2.75) is 46.1 Å². The molecule has 1 aromatic carbocycles. The Morgan fingerprint density at radius 1 is 1.14 bits per heavy atom. The fraction of sp³-hybridized carbons (Fsp3) is 0.545. The number of nitrogens with zero attached hydrogens (tertiary/aromatic N) is 2. The van der Waals surface area contributed by atoms with Gasteiger partial charge in [0.1, 0.15) is 6.04 Å². The molecule has 0 spiro atoms. The molecule has 7 nitrogen and oxygen atoms in total. The number of ether oxygens (including phenoxy) is 1. The van der Waals surface area contributed by atoms with Gasteiger partial charge >= 0.3 is 5.97 Å². The number of rotatable bonds is 6. The van der Waals surface area contributed by atoms with E-state index in [1.807, 2.05) is 13.8 Å². The highest BCUT2D eigenvalue weighted by atomic mass is 16.5. The Kier molecular flexibility index (Phi) is 6.35. The summed E-state index contributed by atoms with van der Waals surface area (Å²) in [7, 11) is 0. The van der Waals surface area contributed by atoms with E-state index in [-0.39, 0.29) is 30.3 Å². The molecular formula is C22H28N2O5. The number of carbonyl (C=O) groups is 4. The quantitative estimate of drug-likeness (QED) is 0.541. The minimum absolute atomic E-state index is 0.201. The lowest BCUT2D eigenvalue weighted by molar-refractivity contribution is -0.152. The van der Waals surface area contributed by atoms with E-state index in [0.29, 0.717) is 43.5 Å². The van der Waals surface area contributed by atoms with Gasteiger partial charge in [0.05, 0.1) is 23.7 Å². The number of piperidine rings is 1. The van der Waals surface area contributed by atoms with Gasteiger partial charge in [-0.05, 0) is 37.8 Å². The molecule has 0 bridgehead atoms. The molecule has 2 aliphatic rings. The number of fused-ring (bicyclic) bond motifs is 1. The molecule has 156 valence electrons. The Morgan fingerprint density at radius 2 is 1.76 bits per heavy atom. The molecule has 0 aromatic heterocycles. The molecule has 3 rings (SSSR count). The molecule has 1 saturated heterocycles. The van der Waals surface area contributed by atoms with Crippen LogP contribution >= 0.6 is 0 Å². The van der Waals surface area contributed by atoms with Gasteiger partial charge in [0.15, 0.2) is 0 Å². The molecule has 0 saturated carbocycles. The van der Waals surface area contributed by atoms with Crippen LogP contribution in [0, 0.1) is 11.8 Å². The van der Waals surface area contributed by atoms with Crippen molar-refractivity contribution in [3.8, 4) is 0 Å². The van der Waals surface area contributed by atoms with Crippen molar-refractivity contribution < 1.29 is 23.9 Å². The van der Waals surface area contributed by atoms with Gasteiger partial charge in [-0.1, -0.05) is 32.4 Å². The van der Waals surface area contributed by atoms with Gasteiger partial charge in [0, 0.05) is 13.1 Å². The van der Waals surface area contributed by atoms with Crippen molar-refractivity contribution in [2.24, 2.45) is 11.8 Å². The maximum absolute atomic E-state index is 13.5. The maximum Gasteiger partial charge on any atom is 0.310 e. The standard InChI is InChI=1S/C22H28N2O5/c1-4-14(3)18(24-19(25)16-10-6-7-11-17(16)20(24)26)21(27)23-12-8-9-15(13-23)22(28)29-5-2/h6-7,10-11,14-15,18H,4-5,8-9,12-13H2,1-3H3. The highest BCUT2D eigenvalue weighted by molar-refractivity contribution is 6.22. The highest BCUT2D eigenvalue weighted by Gasteiger charge is 2.46. The SMILES string of the molecule is CCOC(=O)C1CCCN(C(=O)C(C(C)CC)N2C(=O)c3ccccc3C2=O)C1.